The molecule has 0 atom stereocenters. The van der Waals surface area contributed by atoms with Crippen LogP contribution in [-0.4, -0.2) is 53.0 Å². The number of rotatable bonds is 2. The summed E-state index contributed by atoms with van der Waals surface area (Å²) < 4.78 is 0. The molecule has 0 saturated carbocycles. The molecule has 1 aliphatic rings. The lowest BCUT2D eigenvalue weighted by Gasteiger charge is -2.32. The summed E-state index contributed by atoms with van der Waals surface area (Å²) >= 11 is 12.0. The molecule has 2 aromatic rings. The maximum absolute atomic E-state index is 6.07. The van der Waals surface area contributed by atoms with Crippen molar-refractivity contribution >= 4 is 34.1 Å². The van der Waals surface area contributed by atoms with E-state index in [-0.39, 0.29) is 0 Å². The Bertz CT molecular complexity index is 624. The van der Waals surface area contributed by atoms with E-state index in [0.29, 0.717) is 10.3 Å². The summed E-state index contributed by atoms with van der Waals surface area (Å²) in [5.41, 5.74) is 1.85. The Morgan fingerprint density at radius 1 is 1.10 bits per heavy atom. The Balaban J connectivity index is 1.82. The molecule has 1 saturated heterocycles. The summed E-state index contributed by atoms with van der Waals surface area (Å²) in [5, 5.41) is 1.64. The first kappa shape index (κ1) is 14.0. The third-order valence-electron chi connectivity index (χ3n) is 3.65. The van der Waals surface area contributed by atoms with Gasteiger partial charge in [-0.15, -0.1) is 0 Å². The highest BCUT2D eigenvalue weighted by Gasteiger charge is 2.15. The molecule has 3 heterocycles. The Morgan fingerprint density at radius 2 is 1.85 bits per heavy atom. The summed E-state index contributed by atoms with van der Waals surface area (Å²) in [6.45, 7) is 5.23. The third kappa shape index (κ3) is 3.04. The van der Waals surface area contributed by atoms with E-state index in [9.17, 15) is 0 Å². The van der Waals surface area contributed by atoms with Crippen molar-refractivity contribution in [3.63, 3.8) is 0 Å². The van der Waals surface area contributed by atoms with Crippen molar-refractivity contribution in [2.75, 3.05) is 33.2 Å². The highest BCUT2D eigenvalue weighted by atomic mass is 35.5. The van der Waals surface area contributed by atoms with Crippen molar-refractivity contribution in [1.82, 2.24) is 19.8 Å². The lowest BCUT2D eigenvalue weighted by Crippen LogP contribution is -2.44. The minimum Gasteiger partial charge on any atom is -0.304 e. The molecule has 0 bridgehead atoms. The van der Waals surface area contributed by atoms with Crippen LogP contribution in [0.1, 0.15) is 5.69 Å². The van der Waals surface area contributed by atoms with Crippen LogP contribution in [0.2, 0.25) is 10.3 Å². The highest BCUT2D eigenvalue weighted by molar-refractivity contribution is 6.36. The van der Waals surface area contributed by atoms with Gasteiger partial charge in [0.2, 0.25) is 0 Å². The highest BCUT2D eigenvalue weighted by Crippen LogP contribution is 2.24. The van der Waals surface area contributed by atoms with Crippen LogP contribution in [-0.2, 0) is 6.54 Å². The van der Waals surface area contributed by atoms with Crippen LogP contribution in [0, 0.1) is 0 Å². The van der Waals surface area contributed by atoms with Crippen LogP contribution >= 0.6 is 23.2 Å². The first-order valence-electron chi connectivity index (χ1n) is 6.64. The SMILES string of the molecule is CN1CCN(Cc2ccc3c(Cl)nc(Cl)cc3n2)CC1. The standard InChI is InChI=1S/C14H16Cl2N4/c1-19-4-6-20(7-5-19)9-10-2-3-11-12(17-10)8-13(15)18-14(11)16/h2-3,8H,4-7,9H2,1H3. The average Bonchev–Trinajstić information content (AvgIpc) is 2.41. The quantitative estimate of drug-likeness (QED) is 0.798. The summed E-state index contributed by atoms with van der Waals surface area (Å²) in [5.74, 6) is 0. The number of piperazine rings is 1. The lowest BCUT2D eigenvalue weighted by molar-refractivity contribution is 0.147. The smallest absolute Gasteiger partial charge is 0.140 e. The molecule has 1 aliphatic heterocycles. The molecular weight excluding hydrogens is 295 g/mol. The van der Waals surface area contributed by atoms with Crippen LogP contribution < -0.4 is 0 Å². The topological polar surface area (TPSA) is 32.3 Å². The first-order chi connectivity index (χ1) is 9.61. The van der Waals surface area contributed by atoms with Crippen molar-refractivity contribution in [2.24, 2.45) is 0 Å². The van der Waals surface area contributed by atoms with Gasteiger partial charge >= 0.3 is 0 Å². The van der Waals surface area contributed by atoms with E-state index in [2.05, 4.69) is 26.8 Å². The monoisotopic (exact) mass is 310 g/mol. The van der Waals surface area contributed by atoms with E-state index < -0.39 is 0 Å². The van der Waals surface area contributed by atoms with Gasteiger partial charge in [0.05, 0.1) is 11.2 Å². The molecule has 0 N–H and O–H groups in total. The number of halogens is 2. The number of aromatic nitrogens is 2. The van der Waals surface area contributed by atoms with Gasteiger partial charge in [-0.2, -0.15) is 0 Å². The molecule has 0 unspecified atom stereocenters. The first-order valence-corrected chi connectivity index (χ1v) is 7.40. The number of likely N-dealkylation sites (N-methyl/N-ethyl adjacent to an activating group) is 1. The maximum atomic E-state index is 6.07. The molecule has 6 heteroatoms. The van der Waals surface area contributed by atoms with Gasteiger partial charge < -0.3 is 4.90 Å². The van der Waals surface area contributed by atoms with Gasteiger partial charge in [-0.25, -0.2) is 4.98 Å². The van der Waals surface area contributed by atoms with Crippen LogP contribution in [0.4, 0.5) is 0 Å². The Morgan fingerprint density at radius 3 is 2.60 bits per heavy atom. The van der Waals surface area contributed by atoms with Crippen molar-refractivity contribution in [2.45, 2.75) is 6.54 Å². The van der Waals surface area contributed by atoms with E-state index in [1.54, 1.807) is 6.07 Å². The van der Waals surface area contributed by atoms with Gasteiger partial charge in [0.15, 0.2) is 0 Å². The number of fused-ring (bicyclic) bond motifs is 1. The second kappa shape index (κ2) is 5.82. The number of hydrogen-bond donors (Lipinski definition) is 0. The van der Waals surface area contributed by atoms with Gasteiger partial charge in [0.25, 0.3) is 0 Å². The van der Waals surface area contributed by atoms with E-state index in [0.717, 1.165) is 49.3 Å². The van der Waals surface area contributed by atoms with Gasteiger partial charge in [-0.05, 0) is 19.2 Å². The second-order valence-corrected chi connectivity index (χ2v) is 5.93. The van der Waals surface area contributed by atoms with E-state index in [4.69, 9.17) is 23.2 Å². The van der Waals surface area contributed by atoms with E-state index in [1.165, 1.54) is 0 Å². The summed E-state index contributed by atoms with van der Waals surface area (Å²) in [7, 11) is 2.16. The molecule has 0 aromatic carbocycles. The molecule has 4 nitrogen and oxygen atoms in total. The minimum absolute atomic E-state index is 0.381. The fraction of sp³-hybridized carbons (Fsp3) is 0.429. The Labute approximate surface area is 128 Å². The zero-order valence-electron chi connectivity index (χ0n) is 11.3. The maximum Gasteiger partial charge on any atom is 0.140 e. The molecule has 0 spiro atoms. The summed E-state index contributed by atoms with van der Waals surface area (Å²) in [4.78, 5) is 13.4. The van der Waals surface area contributed by atoms with Crippen molar-refractivity contribution in [1.29, 1.82) is 0 Å². The number of pyridine rings is 2. The minimum atomic E-state index is 0.381. The molecule has 106 valence electrons. The van der Waals surface area contributed by atoms with Crippen LogP contribution in [0.5, 0.6) is 0 Å². The van der Waals surface area contributed by atoms with E-state index >= 15 is 0 Å². The fourth-order valence-corrected chi connectivity index (χ4v) is 2.91. The van der Waals surface area contributed by atoms with Crippen molar-refractivity contribution < 1.29 is 0 Å². The summed E-state index contributed by atoms with van der Waals surface area (Å²) in [6, 6.07) is 5.75. The summed E-state index contributed by atoms with van der Waals surface area (Å²) in [6.07, 6.45) is 0. The zero-order chi connectivity index (χ0) is 14.1. The van der Waals surface area contributed by atoms with Crippen LogP contribution in [0.25, 0.3) is 10.9 Å². The van der Waals surface area contributed by atoms with E-state index in [1.807, 2.05) is 12.1 Å². The molecule has 20 heavy (non-hydrogen) atoms. The largest absolute Gasteiger partial charge is 0.304 e. The number of hydrogen-bond acceptors (Lipinski definition) is 4. The predicted octanol–water partition coefficient (Wildman–Crippen LogP) is 2.68. The van der Waals surface area contributed by atoms with Gasteiger partial charge in [0, 0.05) is 44.2 Å². The van der Waals surface area contributed by atoms with Crippen molar-refractivity contribution in [3.05, 3.63) is 34.2 Å². The number of nitrogens with zero attached hydrogens (tertiary/aromatic N) is 4. The fourth-order valence-electron chi connectivity index (χ4n) is 2.42. The molecule has 0 amide bonds. The van der Waals surface area contributed by atoms with Gasteiger partial charge in [0.1, 0.15) is 10.3 Å². The predicted molar refractivity (Wildman–Crippen MR) is 82.3 cm³/mol. The second-order valence-electron chi connectivity index (χ2n) is 5.18. The molecule has 0 aliphatic carbocycles. The molecule has 2 aromatic heterocycles. The lowest BCUT2D eigenvalue weighted by atomic mass is 10.2. The third-order valence-corrected chi connectivity index (χ3v) is 4.13. The van der Waals surface area contributed by atoms with Crippen molar-refractivity contribution in [3.8, 4) is 0 Å². The molecule has 0 radical (unpaired) electrons. The Kier molecular flexibility index (Phi) is 4.08. The van der Waals surface area contributed by atoms with Gasteiger partial charge in [-0.1, -0.05) is 23.2 Å². The molecular formula is C14H16Cl2N4. The molecule has 3 rings (SSSR count). The van der Waals surface area contributed by atoms with Crippen LogP contribution in [0.3, 0.4) is 0 Å². The normalized spacial score (nSPS) is 17.8. The molecule has 1 fully saturated rings. The zero-order valence-corrected chi connectivity index (χ0v) is 12.8. The average molecular weight is 311 g/mol. The Hall–Kier alpha value is -0.940. The van der Waals surface area contributed by atoms with Gasteiger partial charge in [-0.3, -0.25) is 9.88 Å². The van der Waals surface area contributed by atoms with Crippen LogP contribution in [0.15, 0.2) is 18.2 Å².